The molecule has 1 heterocycles. The van der Waals surface area contributed by atoms with Crippen LogP contribution in [0, 0.1) is 11.7 Å². The molecule has 9 heteroatoms. The zero-order valence-corrected chi connectivity index (χ0v) is 14.4. The van der Waals surface area contributed by atoms with E-state index in [-0.39, 0.29) is 33.3 Å². The lowest BCUT2D eigenvalue weighted by molar-refractivity contribution is 0.451. The maximum atomic E-state index is 13.2. The molecule has 0 saturated carbocycles. The Labute approximate surface area is 140 Å². The van der Waals surface area contributed by atoms with Crippen molar-refractivity contribution in [1.29, 1.82) is 0 Å². The maximum Gasteiger partial charge on any atom is 0.246 e. The molecule has 1 N–H and O–H groups in total. The van der Waals surface area contributed by atoms with Crippen LogP contribution < -0.4 is 5.32 Å². The molecular weight excluding hydrogens is 362 g/mol. The normalized spacial score (nSPS) is 19.5. The van der Waals surface area contributed by atoms with Gasteiger partial charge in [0.25, 0.3) is 0 Å². The van der Waals surface area contributed by atoms with Crippen molar-refractivity contribution in [3.63, 3.8) is 0 Å². The molecule has 0 amide bonds. The number of rotatable bonds is 4. The summed E-state index contributed by atoms with van der Waals surface area (Å²) in [6.07, 6.45) is 0.774. The third kappa shape index (κ3) is 4.00. The van der Waals surface area contributed by atoms with Crippen molar-refractivity contribution >= 4 is 45.6 Å². The van der Waals surface area contributed by atoms with Crippen molar-refractivity contribution in [2.75, 3.05) is 26.7 Å². The minimum Gasteiger partial charge on any atom is -0.319 e. The van der Waals surface area contributed by atoms with Crippen LogP contribution in [0.5, 0.6) is 0 Å². The molecule has 0 bridgehead atoms. The van der Waals surface area contributed by atoms with E-state index in [1.807, 2.05) is 7.05 Å². The lowest BCUT2D eigenvalue weighted by atomic mass is 10.1. The highest BCUT2D eigenvalue weighted by Gasteiger charge is 2.35. The summed E-state index contributed by atoms with van der Waals surface area (Å²) in [5, 5.41) is 2.65. The number of benzene rings is 1. The van der Waals surface area contributed by atoms with Gasteiger partial charge in [-0.05, 0) is 38.1 Å². The number of hydrogen-bond acceptors (Lipinski definition) is 3. The SMILES string of the molecule is CNCC1CCN(S(=O)(=O)c2c(Cl)cc(F)cc2Cl)C1.Cl. The number of nitrogens with one attached hydrogen (secondary N) is 1. The summed E-state index contributed by atoms with van der Waals surface area (Å²) in [6.45, 7) is 1.57. The van der Waals surface area contributed by atoms with E-state index in [1.165, 1.54) is 4.31 Å². The Bertz CT molecular complexity index is 590. The van der Waals surface area contributed by atoms with Gasteiger partial charge in [-0.3, -0.25) is 0 Å². The summed E-state index contributed by atoms with van der Waals surface area (Å²) in [7, 11) is -1.97. The van der Waals surface area contributed by atoms with Crippen LogP contribution >= 0.6 is 35.6 Å². The molecule has 1 aromatic carbocycles. The molecule has 4 nitrogen and oxygen atoms in total. The van der Waals surface area contributed by atoms with Crippen LogP contribution in [0.15, 0.2) is 17.0 Å². The van der Waals surface area contributed by atoms with Crippen molar-refractivity contribution in [2.24, 2.45) is 5.92 Å². The van der Waals surface area contributed by atoms with Gasteiger partial charge in [0.15, 0.2) is 0 Å². The van der Waals surface area contributed by atoms with Gasteiger partial charge in [0, 0.05) is 13.1 Å². The van der Waals surface area contributed by atoms with Crippen LogP contribution in [0.3, 0.4) is 0 Å². The Balaban J connectivity index is 0.00000220. The molecule has 1 saturated heterocycles. The quantitative estimate of drug-likeness (QED) is 0.878. The minimum absolute atomic E-state index is 0. The predicted molar refractivity (Wildman–Crippen MR) is 84.5 cm³/mol. The molecule has 1 aliphatic rings. The fourth-order valence-electron chi connectivity index (χ4n) is 2.38. The Morgan fingerprint density at radius 1 is 1.38 bits per heavy atom. The second-order valence-electron chi connectivity index (χ2n) is 4.77. The second kappa shape index (κ2) is 7.44. The second-order valence-corrected chi connectivity index (χ2v) is 7.46. The zero-order chi connectivity index (χ0) is 14.9. The molecule has 120 valence electrons. The van der Waals surface area contributed by atoms with Crippen LogP contribution in [0.4, 0.5) is 4.39 Å². The lowest BCUT2D eigenvalue weighted by Crippen LogP contribution is -2.31. The first-order valence-electron chi connectivity index (χ1n) is 6.15. The van der Waals surface area contributed by atoms with Crippen LogP contribution in [-0.4, -0.2) is 39.4 Å². The molecule has 0 radical (unpaired) electrons. The maximum absolute atomic E-state index is 13.2. The smallest absolute Gasteiger partial charge is 0.246 e. The molecule has 0 aromatic heterocycles. The van der Waals surface area contributed by atoms with Crippen LogP contribution in [0.1, 0.15) is 6.42 Å². The van der Waals surface area contributed by atoms with E-state index in [2.05, 4.69) is 5.32 Å². The first-order chi connectivity index (χ1) is 9.36. The fraction of sp³-hybridized carbons (Fsp3) is 0.500. The zero-order valence-electron chi connectivity index (χ0n) is 11.3. The van der Waals surface area contributed by atoms with Crippen molar-refractivity contribution in [2.45, 2.75) is 11.3 Å². The summed E-state index contributed by atoms with van der Waals surface area (Å²) in [5.74, 6) is -0.402. The van der Waals surface area contributed by atoms with Gasteiger partial charge in [-0.1, -0.05) is 23.2 Å². The predicted octanol–water partition coefficient (Wildman–Crippen LogP) is 2.78. The van der Waals surface area contributed by atoms with Crippen LogP contribution in [-0.2, 0) is 10.0 Å². The molecule has 1 atom stereocenters. The highest BCUT2D eigenvalue weighted by atomic mass is 35.5. The van der Waals surface area contributed by atoms with Crippen molar-refractivity contribution < 1.29 is 12.8 Å². The van der Waals surface area contributed by atoms with Gasteiger partial charge in [-0.2, -0.15) is 4.31 Å². The Morgan fingerprint density at radius 2 is 1.95 bits per heavy atom. The summed E-state index contributed by atoms with van der Waals surface area (Å²) >= 11 is 11.7. The Hall–Kier alpha value is -0.110. The Morgan fingerprint density at radius 3 is 2.48 bits per heavy atom. The highest BCUT2D eigenvalue weighted by Crippen LogP contribution is 2.34. The van der Waals surface area contributed by atoms with Gasteiger partial charge in [0.05, 0.1) is 10.0 Å². The van der Waals surface area contributed by atoms with Crippen molar-refractivity contribution in [3.8, 4) is 0 Å². The van der Waals surface area contributed by atoms with Gasteiger partial charge >= 0.3 is 0 Å². The monoisotopic (exact) mass is 376 g/mol. The van der Waals surface area contributed by atoms with Crippen molar-refractivity contribution in [1.82, 2.24) is 9.62 Å². The fourth-order valence-corrected chi connectivity index (χ4v) is 5.04. The van der Waals surface area contributed by atoms with E-state index in [0.29, 0.717) is 13.1 Å². The van der Waals surface area contributed by atoms with Gasteiger partial charge in [-0.15, -0.1) is 12.4 Å². The lowest BCUT2D eigenvalue weighted by Gasteiger charge is -2.18. The molecule has 1 aromatic rings. The molecule has 0 aliphatic carbocycles. The van der Waals surface area contributed by atoms with Crippen LogP contribution in [0.25, 0.3) is 0 Å². The first kappa shape index (κ1) is 18.9. The Kier molecular flexibility index (Phi) is 6.71. The summed E-state index contributed by atoms with van der Waals surface area (Å²) in [5.41, 5.74) is 0. The first-order valence-corrected chi connectivity index (χ1v) is 8.35. The highest BCUT2D eigenvalue weighted by molar-refractivity contribution is 7.89. The van der Waals surface area contributed by atoms with Gasteiger partial charge in [0.2, 0.25) is 10.0 Å². The van der Waals surface area contributed by atoms with Gasteiger partial charge in [0.1, 0.15) is 10.7 Å². The molecule has 2 rings (SSSR count). The van der Waals surface area contributed by atoms with E-state index in [0.717, 1.165) is 25.1 Å². The third-order valence-corrected chi connectivity index (χ3v) is 6.09. The standard InChI is InChI=1S/C12H15Cl2FN2O2S.ClH/c1-16-6-8-2-3-17(7-8)20(18,19)12-10(13)4-9(15)5-11(12)14;/h4-5,8,16H,2-3,6-7H2,1H3;1H. The van der Waals surface area contributed by atoms with E-state index >= 15 is 0 Å². The number of hydrogen-bond donors (Lipinski definition) is 1. The molecule has 1 fully saturated rings. The molecule has 0 spiro atoms. The van der Waals surface area contributed by atoms with Gasteiger partial charge < -0.3 is 5.32 Å². The van der Waals surface area contributed by atoms with Crippen LogP contribution in [0.2, 0.25) is 10.0 Å². The third-order valence-electron chi connectivity index (χ3n) is 3.30. The average molecular weight is 378 g/mol. The summed E-state index contributed by atoms with van der Waals surface area (Å²) in [4.78, 5) is -0.215. The van der Waals surface area contributed by atoms with E-state index in [1.54, 1.807) is 0 Å². The molecule has 1 aliphatic heterocycles. The average Bonchev–Trinajstić information content (AvgIpc) is 2.76. The number of nitrogens with zero attached hydrogens (tertiary/aromatic N) is 1. The summed E-state index contributed by atoms with van der Waals surface area (Å²) < 4.78 is 39.6. The number of sulfonamides is 1. The molecule has 21 heavy (non-hydrogen) atoms. The topological polar surface area (TPSA) is 49.4 Å². The van der Waals surface area contributed by atoms with E-state index < -0.39 is 15.8 Å². The number of halogens is 4. The minimum atomic E-state index is -3.79. The van der Waals surface area contributed by atoms with E-state index in [4.69, 9.17) is 23.2 Å². The largest absolute Gasteiger partial charge is 0.319 e. The van der Waals surface area contributed by atoms with Gasteiger partial charge in [-0.25, -0.2) is 12.8 Å². The molecule has 1 unspecified atom stereocenters. The van der Waals surface area contributed by atoms with E-state index in [9.17, 15) is 12.8 Å². The summed E-state index contributed by atoms with van der Waals surface area (Å²) in [6, 6.07) is 1.92. The van der Waals surface area contributed by atoms with Crippen molar-refractivity contribution in [3.05, 3.63) is 28.0 Å². The molecular formula is C12H16Cl3FN2O2S.